The van der Waals surface area contributed by atoms with E-state index < -0.39 is 233 Å². The first kappa shape index (κ1) is 51.6. The molecule has 7 atom stereocenters. The van der Waals surface area contributed by atoms with Gasteiger partial charge in [-0.15, -0.1) is 0 Å². The summed E-state index contributed by atoms with van der Waals surface area (Å²) >= 11 is 0. The molecule has 0 saturated heterocycles. The van der Waals surface area contributed by atoms with Gasteiger partial charge in [-0.2, -0.15) is 0 Å². The average Bonchev–Trinajstić information content (AvgIpc) is 3.42. The summed E-state index contributed by atoms with van der Waals surface area (Å²) in [5.41, 5.74) is -10.9. The number of fused-ring (bicyclic) bond motifs is 7. The van der Waals surface area contributed by atoms with Crippen LogP contribution in [0.4, 0.5) is 0 Å². The van der Waals surface area contributed by atoms with Crippen LogP contribution in [-0.2, 0) is 25.4 Å². The number of hydrogen-bond donors (Lipinski definition) is 19. The first-order chi connectivity index (χ1) is 36.2. The number of aromatic hydroxyl groups is 16. The van der Waals surface area contributed by atoms with Gasteiger partial charge in [0.25, 0.3) is 0 Å². The second kappa shape index (κ2) is 18.6. The van der Waals surface area contributed by atoms with E-state index in [9.17, 15) is 116 Å². The van der Waals surface area contributed by atoms with Gasteiger partial charge in [-0.05, 0) is 42.0 Å². The molecule has 0 fully saturated rings. The van der Waals surface area contributed by atoms with Crippen LogP contribution in [0.3, 0.4) is 0 Å². The van der Waals surface area contributed by atoms with E-state index in [1.54, 1.807) is 0 Å². The molecule has 0 saturated carbocycles. The van der Waals surface area contributed by atoms with Crippen molar-refractivity contribution in [1.29, 1.82) is 0 Å². The minimum atomic E-state index is -2.96. The first-order valence-electron chi connectivity index (χ1n) is 22.0. The number of carbonyl (C=O) groups is 4. The van der Waals surface area contributed by atoms with Gasteiger partial charge in [0, 0.05) is 40.3 Å². The van der Waals surface area contributed by atoms with Gasteiger partial charge >= 0.3 is 23.9 Å². The van der Waals surface area contributed by atoms with Crippen molar-refractivity contribution in [2.75, 3.05) is 6.61 Å². The summed E-state index contributed by atoms with van der Waals surface area (Å²) in [6, 6.07) is 5.51. The van der Waals surface area contributed by atoms with Crippen molar-refractivity contribution in [3.05, 3.63) is 87.5 Å². The molecule has 0 aliphatic carbocycles. The van der Waals surface area contributed by atoms with Crippen LogP contribution in [0.2, 0.25) is 0 Å². The fourth-order valence-electron chi connectivity index (χ4n) is 9.11. The topological polar surface area (TPSA) is 499 Å². The quantitative estimate of drug-likeness (QED) is 0.0681. The molecule has 28 heteroatoms. The number of benzene rings is 6. The number of hydrogen-bond acceptors (Lipinski definition) is 28. The Morgan fingerprint density at radius 3 is 1.30 bits per heavy atom. The normalized spacial score (nSPS) is 20.7. The SMILES string of the molecule is O=C1OC[C@@H](O)[C@@H]([C@@H]2OC(=O)c3cc(O)c(O)c(O)c3-c3c(cc(O)c(O)c3O)C(=O)O[C@@H]2[C@@H](O)c2c(O)cc3c(c2O)C[C@H](O)[C@@H](c2ccc(O)c(O)c2)O3)OC(=O)c2cc(O)c(O)c(O)c2-c2c1cc(O)c(O)c2O. The number of carbonyl (C=O) groups excluding carboxylic acids is 4. The number of phenols is 16. The molecule has 0 radical (unpaired) electrons. The van der Waals surface area contributed by atoms with Gasteiger partial charge in [-0.3, -0.25) is 0 Å². The summed E-state index contributed by atoms with van der Waals surface area (Å²) in [6.45, 7) is -1.50. The smallest absolute Gasteiger partial charge is 0.339 e. The van der Waals surface area contributed by atoms with Crippen molar-refractivity contribution in [2.24, 2.45) is 0 Å². The van der Waals surface area contributed by atoms with Gasteiger partial charge in [0.05, 0.1) is 33.9 Å². The molecule has 0 spiro atoms. The molecule has 3 heterocycles. The molecule has 402 valence electrons. The van der Waals surface area contributed by atoms with Gasteiger partial charge in [0.15, 0.2) is 75.8 Å². The summed E-state index contributed by atoms with van der Waals surface area (Å²) in [6.07, 6.45) is -18.1. The Morgan fingerprint density at radius 2 is 0.844 bits per heavy atom. The number of ether oxygens (including phenoxy) is 5. The molecule has 6 aromatic rings. The predicted octanol–water partition coefficient (Wildman–Crippen LogP) is 1.90. The highest BCUT2D eigenvalue weighted by atomic mass is 16.6. The maximum absolute atomic E-state index is 14.8. The summed E-state index contributed by atoms with van der Waals surface area (Å²) in [7, 11) is 0. The van der Waals surface area contributed by atoms with Gasteiger partial charge < -0.3 is 121 Å². The molecular weight excluding hydrogens is 1040 g/mol. The van der Waals surface area contributed by atoms with E-state index >= 15 is 0 Å². The fourth-order valence-corrected chi connectivity index (χ4v) is 9.11. The second-order valence-corrected chi connectivity index (χ2v) is 17.5. The van der Waals surface area contributed by atoms with Crippen molar-refractivity contribution < 1.29 is 140 Å². The minimum Gasteiger partial charge on any atom is -0.507 e. The molecule has 77 heavy (non-hydrogen) atoms. The lowest BCUT2D eigenvalue weighted by Gasteiger charge is -2.38. The van der Waals surface area contributed by atoms with E-state index in [0.717, 1.165) is 18.2 Å². The van der Waals surface area contributed by atoms with E-state index in [2.05, 4.69) is 0 Å². The number of aliphatic hydroxyl groups excluding tert-OH is 3. The molecule has 0 bridgehead atoms. The highest BCUT2D eigenvalue weighted by molar-refractivity contribution is 6.10. The van der Waals surface area contributed by atoms with Crippen LogP contribution in [0.25, 0.3) is 22.3 Å². The van der Waals surface area contributed by atoms with Crippen molar-refractivity contribution >= 4 is 23.9 Å². The zero-order valence-corrected chi connectivity index (χ0v) is 38.2. The molecule has 9 rings (SSSR count). The molecule has 19 N–H and O–H groups in total. The van der Waals surface area contributed by atoms with Crippen molar-refractivity contribution in [3.63, 3.8) is 0 Å². The Morgan fingerprint density at radius 1 is 0.416 bits per heavy atom. The molecule has 6 aromatic carbocycles. The number of phenolic OH excluding ortho intramolecular Hbond substituents is 16. The van der Waals surface area contributed by atoms with Crippen LogP contribution < -0.4 is 4.74 Å². The van der Waals surface area contributed by atoms with Gasteiger partial charge in [0.2, 0.25) is 23.0 Å². The molecule has 0 unspecified atom stereocenters. The zero-order valence-electron chi connectivity index (χ0n) is 38.2. The lowest BCUT2D eigenvalue weighted by molar-refractivity contribution is -0.150. The lowest BCUT2D eigenvalue weighted by atomic mass is 9.88. The maximum Gasteiger partial charge on any atom is 0.339 e. The van der Waals surface area contributed by atoms with Gasteiger partial charge in [-0.1, -0.05) is 6.07 Å². The van der Waals surface area contributed by atoms with Crippen molar-refractivity contribution in [3.8, 4) is 120 Å². The molecule has 3 aliphatic rings. The summed E-state index contributed by atoms with van der Waals surface area (Å²) in [5.74, 6) is -28.7. The third kappa shape index (κ3) is 8.25. The van der Waals surface area contributed by atoms with Crippen LogP contribution in [0.15, 0.2) is 48.5 Å². The Bertz CT molecular complexity index is 3550. The lowest BCUT2D eigenvalue weighted by Crippen LogP contribution is -2.54. The summed E-state index contributed by atoms with van der Waals surface area (Å²) in [5, 5.41) is 209. The Hall–Kier alpha value is -10.3. The van der Waals surface area contributed by atoms with Crippen LogP contribution >= 0.6 is 0 Å². The van der Waals surface area contributed by atoms with Crippen LogP contribution in [-0.4, -0.2) is 158 Å². The van der Waals surface area contributed by atoms with Crippen LogP contribution in [0.5, 0.6) is 97.7 Å². The largest absolute Gasteiger partial charge is 0.507 e. The molecule has 0 aromatic heterocycles. The van der Waals surface area contributed by atoms with E-state index in [1.807, 2.05) is 0 Å². The Balaban J connectivity index is 1.27. The third-order valence-electron chi connectivity index (χ3n) is 12.9. The van der Waals surface area contributed by atoms with Gasteiger partial charge in [-0.25, -0.2) is 19.2 Å². The van der Waals surface area contributed by atoms with E-state index in [0.29, 0.717) is 24.3 Å². The van der Waals surface area contributed by atoms with Crippen LogP contribution in [0, 0.1) is 0 Å². The molecule has 28 nitrogen and oxygen atoms in total. The summed E-state index contributed by atoms with van der Waals surface area (Å²) in [4.78, 5) is 58.0. The predicted molar refractivity (Wildman–Crippen MR) is 245 cm³/mol. The Labute approximate surface area is 426 Å². The average molecular weight is 1070 g/mol. The maximum atomic E-state index is 14.8. The summed E-state index contributed by atoms with van der Waals surface area (Å²) < 4.78 is 28.0. The minimum absolute atomic E-state index is 0.0609. The van der Waals surface area contributed by atoms with E-state index in [1.165, 1.54) is 6.07 Å². The van der Waals surface area contributed by atoms with E-state index in [-0.39, 0.29) is 5.56 Å². The number of cyclic esters (lactones) is 4. The van der Waals surface area contributed by atoms with Gasteiger partial charge in [0.1, 0.15) is 42.2 Å². The standard InChI is InChI=1S/C49H38O28/c50-17-2-1-11(3-18(17)51)42-24(57)4-12-26(74-42)9-19(52)31(32(12)59)41(68)44-45(77-49(72)16-8-23(56)36(63)40(67)30(16)29-15(48(71)76-44)7-22(55)35(62)39(29)66)43-25(58)10-73-46(69)13-5-20(53)33(60)37(64)27(13)28-14(47(70)75-43)6-21(54)34(61)38(28)65/h1-3,5-9,24-25,41-45,50-68H,4,10H2/t24-,25+,41-,42+,43-,44+,45-/m0/s1. The molecule has 3 aliphatic heterocycles. The highest BCUT2D eigenvalue weighted by Crippen LogP contribution is 2.56. The number of aliphatic hydroxyl groups is 3. The number of esters is 4. The highest BCUT2D eigenvalue weighted by Gasteiger charge is 2.51. The Kier molecular flexibility index (Phi) is 12.4. The van der Waals surface area contributed by atoms with Crippen molar-refractivity contribution in [2.45, 2.75) is 49.1 Å². The van der Waals surface area contributed by atoms with Crippen LogP contribution in [0.1, 0.15) is 70.3 Å². The zero-order chi connectivity index (χ0) is 56.1. The number of rotatable bonds is 4. The molecule has 0 amide bonds. The monoisotopic (exact) mass is 1070 g/mol. The van der Waals surface area contributed by atoms with E-state index in [4.69, 9.17) is 23.7 Å². The molecular formula is C49H38O28. The first-order valence-corrected chi connectivity index (χ1v) is 22.0. The second-order valence-electron chi connectivity index (χ2n) is 17.5. The van der Waals surface area contributed by atoms with Crippen molar-refractivity contribution in [1.82, 2.24) is 0 Å². The fraction of sp³-hybridized carbons (Fsp3) is 0.184. The third-order valence-corrected chi connectivity index (χ3v) is 12.9.